The lowest BCUT2D eigenvalue weighted by atomic mass is 10.1. The molecule has 0 atom stereocenters. The minimum atomic E-state index is 0.390. The number of aromatic nitrogens is 2. The third-order valence-electron chi connectivity index (χ3n) is 3.22. The van der Waals surface area contributed by atoms with Gasteiger partial charge in [0.25, 0.3) is 0 Å². The Bertz CT molecular complexity index is 824. The highest BCUT2D eigenvalue weighted by Gasteiger charge is 2.07. The first-order valence-electron chi connectivity index (χ1n) is 6.96. The summed E-state index contributed by atoms with van der Waals surface area (Å²) in [7, 11) is 1.57. The van der Waals surface area contributed by atoms with Crippen LogP contribution in [0, 0.1) is 0 Å². The quantitative estimate of drug-likeness (QED) is 0.754. The maximum Gasteiger partial charge on any atom is 0.229 e. The third kappa shape index (κ3) is 3.52. The highest BCUT2D eigenvalue weighted by molar-refractivity contribution is 6.32. The molecule has 0 spiro atoms. The van der Waals surface area contributed by atoms with Crippen molar-refractivity contribution in [3.63, 3.8) is 0 Å². The number of nitrogens with one attached hydrogen (secondary N) is 1. The van der Waals surface area contributed by atoms with Crippen molar-refractivity contribution in [2.75, 3.05) is 18.2 Å². The van der Waals surface area contributed by atoms with Gasteiger partial charge in [-0.25, -0.2) is 4.98 Å². The number of hydrogen-bond donors (Lipinski definition) is 2. The first-order valence-corrected chi connectivity index (χ1v) is 7.34. The second-order valence-electron chi connectivity index (χ2n) is 4.84. The summed E-state index contributed by atoms with van der Waals surface area (Å²) in [5, 5.41) is 3.61. The van der Waals surface area contributed by atoms with Gasteiger partial charge in [0, 0.05) is 17.3 Å². The van der Waals surface area contributed by atoms with E-state index in [1.807, 2.05) is 36.4 Å². The van der Waals surface area contributed by atoms with Gasteiger partial charge in [-0.3, -0.25) is 0 Å². The zero-order valence-corrected chi connectivity index (χ0v) is 13.2. The zero-order chi connectivity index (χ0) is 16.2. The van der Waals surface area contributed by atoms with Gasteiger partial charge < -0.3 is 15.8 Å². The van der Waals surface area contributed by atoms with Crippen LogP contribution in [0.3, 0.4) is 0 Å². The van der Waals surface area contributed by atoms with Crippen LogP contribution >= 0.6 is 11.6 Å². The van der Waals surface area contributed by atoms with Crippen LogP contribution in [0.1, 0.15) is 0 Å². The lowest BCUT2D eigenvalue weighted by Gasteiger charge is -2.10. The van der Waals surface area contributed by atoms with Gasteiger partial charge in [-0.1, -0.05) is 41.9 Å². The summed E-state index contributed by atoms with van der Waals surface area (Å²) in [5.41, 5.74) is 8.36. The SMILES string of the molecule is COc1ccc(Nc2nc(N)cc(-c3ccccc3)n2)cc1Cl. The fourth-order valence-electron chi connectivity index (χ4n) is 2.15. The number of methoxy groups -OCH3 is 1. The van der Waals surface area contributed by atoms with Gasteiger partial charge in [0.1, 0.15) is 11.6 Å². The van der Waals surface area contributed by atoms with Gasteiger partial charge in [0.05, 0.1) is 17.8 Å². The predicted octanol–water partition coefficient (Wildman–Crippen LogP) is 4.13. The Labute approximate surface area is 139 Å². The third-order valence-corrected chi connectivity index (χ3v) is 3.52. The van der Waals surface area contributed by atoms with Crippen molar-refractivity contribution in [3.8, 4) is 17.0 Å². The monoisotopic (exact) mass is 326 g/mol. The van der Waals surface area contributed by atoms with Gasteiger partial charge in [0.15, 0.2) is 0 Å². The largest absolute Gasteiger partial charge is 0.495 e. The van der Waals surface area contributed by atoms with Crippen LogP contribution in [-0.4, -0.2) is 17.1 Å². The van der Waals surface area contributed by atoms with Crippen molar-refractivity contribution in [2.24, 2.45) is 0 Å². The smallest absolute Gasteiger partial charge is 0.229 e. The summed E-state index contributed by atoms with van der Waals surface area (Å²) in [6, 6.07) is 16.9. The molecule has 5 nitrogen and oxygen atoms in total. The molecule has 0 saturated heterocycles. The van der Waals surface area contributed by atoms with Crippen molar-refractivity contribution in [1.82, 2.24) is 9.97 Å². The molecule has 0 aliphatic rings. The van der Waals surface area contributed by atoms with Crippen molar-refractivity contribution < 1.29 is 4.74 Å². The average molecular weight is 327 g/mol. The summed E-state index contributed by atoms with van der Waals surface area (Å²) in [4.78, 5) is 8.70. The molecule has 0 unspecified atom stereocenters. The van der Waals surface area contributed by atoms with Gasteiger partial charge in [-0.2, -0.15) is 4.98 Å². The number of nitrogens with two attached hydrogens (primary N) is 1. The maximum absolute atomic E-state index is 6.12. The molecule has 2 aromatic carbocycles. The van der Waals surface area contributed by atoms with E-state index in [9.17, 15) is 0 Å². The number of anilines is 3. The number of benzene rings is 2. The van der Waals surface area contributed by atoms with E-state index in [-0.39, 0.29) is 0 Å². The van der Waals surface area contributed by atoms with E-state index in [1.165, 1.54) is 0 Å². The van der Waals surface area contributed by atoms with E-state index >= 15 is 0 Å². The van der Waals surface area contributed by atoms with Gasteiger partial charge in [-0.05, 0) is 18.2 Å². The number of halogens is 1. The van der Waals surface area contributed by atoms with Crippen LogP contribution in [0.15, 0.2) is 54.6 Å². The summed E-state index contributed by atoms with van der Waals surface area (Å²) in [6.45, 7) is 0. The Morgan fingerprint density at radius 3 is 2.52 bits per heavy atom. The molecule has 0 bridgehead atoms. The topological polar surface area (TPSA) is 73.1 Å². The lowest BCUT2D eigenvalue weighted by Crippen LogP contribution is -2.02. The Kier molecular flexibility index (Phi) is 4.30. The predicted molar refractivity (Wildman–Crippen MR) is 93.2 cm³/mol. The molecule has 0 amide bonds. The van der Waals surface area contributed by atoms with Gasteiger partial charge in [-0.15, -0.1) is 0 Å². The molecule has 1 heterocycles. The molecular weight excluding hydrogens is 312 g/mol. The normalized spacial score (nSPS) is 10.3. The lowest BCUT2D eigenvalue weighted by molar-refractivity contribution is 0.415. The van der Waals surface area contributed by atoms with Crippen molar-refractivity contribution in [2.45, 2.75) is 0 Å². The van der Waals surface area contributed by atoms with Crippen LogP contribution in [0.25, 0.3) is 11.3 Å². The first kappa shape index (κ1) is 15.1. The summed E-state index contributed by atoms with van der Waals surface area (Å²) >= 11 is 6.12. The van der Waals surface area contributed by atoms with Crippen molar-refractivity contribution >= 4 is 29.1 Å². The number of nitrogen functional groups attached to an aromatic ring is 1. The molecule has 0 saturated carbocycles. The molecule has 6 heteroatoms. The van der Waals surface area contributed by atoms with Crippen LogP contribution in [-0.2, 0) is 0 Å². The molecule has 0 aliphatic carbocycles. The van der Waals surface area contributed by atoms with E-state index in [1.54, 1.807) is 25.3 Å². The van der Waals surface area contributed by atoms with E-state index in [0.717, 1.165) is 16.9 Å². The second-order valence-corrected chi connectivity index (χ2v) is 5.25. The summed E-state index contributed by atoms with van der Waals surface area (Å²) in [6.07, 6.45) is 0. The molecule has 0 fully saturated rings. The molecule has 116 valence electrons. The molecule has 3 N–H and O–H groups in total. The number of nitrogens with zero attached hydrogens (tertiary/aromatic N) is 2. The van der Waals surface area contributed by atoms with E-state index < -0.39 is 0 Å². The molecule has 0 aliphatic heterocycles. The highest BCUT2D eigenvalue weighted by Crippen LogP contribution is 2.29. The van der Waals surface area contributed by atoms with Crippen LogP contribution in [0.4, 0.5) is 17.5 Å². The van der Waals surface area contributed by atoms with Crippen LogP contribution < -0.4 is 15.8 Å². The fourth-order valence-corrected chi connectivity index (χ4v) is 2.41. The molecule has 3 aromatic rings. The molecule has 0 radical (unpaired) electrons. The second kappa shape index (κ2) is 6.54. The van der Waals surface area contributed by atoms with Crippen molar-refractivity contribution in [3.05, 3.63) is 59.6 Å². The Morgan fingerprint density at radius 1 is 1.04 bits per heavy atom. The minimum Gasteiger partial charge on any atom is -0.495 e. The highest BCUT2D eigenvalue weighted by atomic mass is 35.5. The minimum absolute atomic E-state index is 0.390. The number of ether oxygens (including phenoxy) is 1. The molecule has 23 heavy (non-hydrogen) atoms. The molecule has 1 aromatic heterocycles. The van der Waals surface area contributed by atoms with Crippen molar-refractivity contribution in [1.29, 1.82) is 0 Å². The molecule has 3 rings (SSSR count). The Hall–Kier alpha value is -2.79. The number of rotatable bonds is 4. The zero-order valence-electron chi connectivity index (χ0n) is 12.5. The maximum atomic E-state index is 6.12. The van der Waals surface area contributed by atoms with E-state index in [4.69, 9.17) is 22.1 Å². The first-order chi connectivity index (χ1) is 11.2. The molecular formula is C17H15ClN4O. The Morgan fingerprint density at radius 2 is 1.83 bits per heavy atom. The fraction of sp³-hybridized carbons (Fsp3) is 0.0588. The van der Waals surface area contributed by atoms with Crippen LogP contribution in [0.5, 0.6) is 5.75 Å². The number of hydrogen-bond acceptors (Lipinski definition) is 5. The van der Waals surface area contributed by atoms with Gasteiger partial charge in [0.2, 0.25) is 5.95 Å². The van der Waals surface area contributed by atoms with Crippen LogP contribution in [0.2, 0.25) is 5.02 Å². The standard InChI is InChI=1S/C17H15ClN4O/c1-23-15-8-7-12(9-13(15)18)20-17-21-14(10-16(19)22-17)11-5-3-2-4-6-11/h2-10H,1H3,(H3,19,20,21,22). The van der Waals surface area contributed by atoms with E-state index in [2.05, 4.69) is 15.3 Å². The summed E-state index contributed by atoms with van der Waals surface area (Å²) < 4.78 is 5.14. The average Bonchev–Trinajstić information content (AvgIpc) is 2.55. The Balaban J connectivity index is 1.91. The van der Waals surface area contributed by atoms with Gasteiger partial charge >= 0.3 is 0 Å². The van der Waals surface area contributed by atoms with E-state index in [0.29, 0.717) is 22.5 Å². The summed E-state index contributed by atoms with van der Waals surface area (Å²) in [5.74, 6) is 1.40.